The molecule has 0 aliphatic heterocycles. The molecule has 2 N–H and O–H groups in total. The maximum absolute atomic E-state index is 12.7. The van der Waals surface area contributed by atoms with E-state index in [0.29, 0.717) is 17.3 Å². The number of nitrogens with one attached hydrogen (secondary N) is 2. The predicted molar refractivity (Wildman–Crippen MR) is 115 cm³/mol. The lowest BCUT2D eigenvalue weighted by atomic mass is 10.1. The van der Waals surface area contributed by atoms with E-state index in [-0.39, 0.29) is 5.91 Å². The Morgan fingerprint density at radius 1 is 0.929 bits per heavy atom. The van der Waals surface area contributed by atoms with Gasteiger partial charge in [-0.2, -0.15) is 0 Å². The summed E-state index contributed by atoms with van der Waals surface area (Å²) >= 11 is 0. The van der Waals surface area contributed by atoms with E-state index in [9.17, 15) is 4.79 Å². The van der Waals surface area contributed by atoms with Crippen LogP contribution in [0.4, 0.5) is 23.0 Å². The molecule has 0 fully saturated rings. The second kappa shape index (κ2) is 8.08. The van der Waals surface area contributed by atoms with E-state index in [1.807, 2.05) is 82.2 Å². The van der Waals surface area contributed by atoms with E-state index < -0.39 is 0 Å². The molecule has 6 nitrogen and oxygen atoms in total. The molecule has 0 spiro atoms. The average molecular weight is 375 g/mol. The molecule has 0 aliphatic rings. The van der Waals surface area contributed by atoms with Crippen LogP contribution >= 0.6 is 0 Å². The first kappa shape index (κ1) is 19.4. The Morgan fingerprint density at radius 3 is 2.29 bits per heavy atom. The lowest BCUT2D eigenvalue weighted by Crippen LogP contribution is -2.16. The number of amides is 1. The minimum atomic E-state index is -0.261. The molecule has 0 saturated heterocycles. The van der Waals surface area contributed by atoms with Crippen LogP contribution in [0.15, 0.2) is 48.5 Å². The summed E-state index contributed by atoms with van der Waals surface area (Å²) < 4.78 is 0. The molecular weight excluding hydrogens is 350 g/mol. The molecule has 0 bridgehead atoms. The van der Waals surface area contributed by atoms with Crippen molar-refractivity contribution in [2.75, 3.05) is 29.6 Å². The molecule has 0 unspecified atom stereocenters. The summed E-state index contributed by atoms with van der Waals surface area (Å²) in [5.41, 5.74) is 5.94. The van der Waals surface area contributed by atoms with Crippen LogP contribution in [-0.2, 0) is 0 Å². The Balaban J connectivity index is 1.79. The summed E-state index contributed by atoms with van der Waals surface area (Å²) in [6.07, 6.45) is 0. The highest BCUT2D eigenvalue weighted by Gasteiger charge is 2.12. The fourth-order valence-corrected chi connectivity index (χ4v) is 2.85. The average Bonchev–Trinajstić information content (AvgIpc) is 2.64. The Bertz CT molecular complexity index is 996. The number of nitrogens with zero attached hydrogens (tertiary/aromatic N) is 3. The molecule has 0 aliphatic carbocycles. The third kappa shape index (κ3) is 4.65. The third-order valence-corrected chi connectivity index (χ3v) is 4.36. The smallest absolute Gasteiger partial charge is 0.274 e. The predicted octanol–water partition coefficient (Wildman–Crippen LogP) is 4.46. The molecule has 1 aromatic heterocycles. The van der Waals surface area contributed by atoms with Gasteiger partial charge in [0.25, 0.3) is 5.91 Å². The molecule has 2 aromatic carbocycles. The molecule has 0 atom stereocenters. The topological polar surface area (TPSA) is 70.2 Å². The molecule has 6 heteroatoms. The first-order valence-corrected chi connectivity index (χ1v) is 9.10. The number of carbonyl (C=O) groups excluding carboxylic acids is 1. The highest BCUT2D eigenvalue weighted by molar-refractivity contribution is 6.03. The molecule has 3 rings (SSSR count). The Hall–Kier alpha value is -3.41. The van der Waals surface area contributed by atoms with E-state index in [0.717, 1.165) is 28.2 Å². The van der Waals surface area contributed by atoms with Crippen LogP contribution in [0.1, 0.15) is 27.3 Å². The van der Waals surface area contributed by atoms with Crippen molar-refractivity contribution in [2.45, 2.75) is 20.8 Å². The van der Waals surface area contributed by atoms with E-state index in [4.69, 9.17) is 0 Å². The quantitative estimate of drug-likeness (QED) is 0.689. The molecule has 1 heterocycles. The van der Waals surface area contributed by atoms with Gasteiger partial charge in [-0.3, -0.25) is 4.79 Å². The number of carbonyl (C=O) groups is 1. The van der Waals surface area contributed by atoms with Gasteiger partial charge in [-0.15, -0.1) is 0 Å². The number of rotatable bonds is 5. The van der Waals surface area contributed by atoms with Crippen molar-refractivity contribution in [3.63, 3.8) is 0 Å². The first-order chi connectivity index (χ1) is 13.3. The SMILES string of the molecule is Cc1ccc(NC(=O)c2cc(C)nc(Nc3ccc(N(C)C)cc3)n2)c(C)c1. The zero-order chi connectivity index (χ0) is 20.3. The van der Waals surface area contributed by atoms with Crippen molar-refractivity contribution >= 4 is 28.9 Å². The zero-order valence-corrected chi connectivity index (χ0v) is 16.9. The van der Waals surface area contributed by atoms with Gasteiger partial charge in [0.05, 0.1) is 0 Å². The fraction of sp³-hybridized carbons (Fsp3) is 0.227. The van der Waals surface area contributed by atoms with E-state index in [2.05, 4.69) is 20.6 Å². The summed E-state index contributed by atoms with van der Waals surface area (Å²) in [5.74, 6) is 0.131. The second-order valence-electron chi connectivity index (χ2n) is 7.06. The van der Waals surface area contributed by atoms with Crippen molar-refractivity contribution in [2.24, 2.45) is 0 Å². The number of aromatic nitrogens is 2. The minimum Gasteiger partial charge on any atom is -0.378 e. The molecule has 0 radical (unpaired) electrons. The summed E-state index contributed by atoms with van der Waals surface area (Å²) in [6.45, 7) is 5.84. The summed E-state index contributed by atoms with van der Waals surface area (Å²) in [4.78, 5) is 23.5. The maximum atomic E-state index is 12.7. The lowest BCUT2D eigenvalue weighted by Gasteiger charge is -2.13. The Morgan fingerprint density at radius 2 is 1.64 bits per heavy atom. The van der Waals surface area contributed by atoms with Gasteiger partial charge in [0.1, 0.15) is 5.69 Å². The molecule has 0 saturated carbocycles. The maximum Gasteiger partial charge on any atom is 0.274 e. The Kier molecular flexibility index (Phi) is 5.59. The molecule has 28 heavy (non-hydrogen) atoms. The number of benzene rings is 2. The molecular formula is C22H25N5O. The van der Waals surface area contributed by atoms with Crippen LogP contribution in [0, 0.1) is 20.8 Å². The van der Waals surface area contributed by atoms with Crippen LogP contribution in [0.5, 0.6) is 0 Å². The van der Waals surface area contributed by atoms with Gasteiger partial charge in [0, 0.05) is 36.9 Å². The number of hydrogen-bond acceptors (Lipinski definition) is 5. The van der Waals surface area contributed by atoms with Crippen LogP contribution in [0.3, 0.4) is 0 Å². The summed E-state index contributed by atoms with van der Waals surface area (Å²) in [5, 5.41) is 6.10. The van der Waals surface area contributed by atoms with Crippen LogP contribution < -0.4 is 15.5 Å². The van der Waals surface area contributed by atoms with E-state index in [1.165, 1.54) is 0 Å². The van der Waals surface area contributed by atoms with Crippen LogP contribution in [-0.4, -0.2) is 30.0 Å². The van der Waals surface area contributed by atoms with Crippen molar-refractivity contribution in [1.29, 1.82) is 0 Å². The normalized spacial score (nSPS) is 10.5. The number of hydrogen-bond donors (Lipinski definition) is 2. The lowest BCUT2D eigenvalue weighted by molar-refractivity contribution is 0.102. The van der Waals surface area contributed by atoms with Crippen molar-refractivity contribution in [3.05, 3.63) is 71.0 Å². The van der Waals surface area contributed by atoms with Gasteiger partial charge < -0.3 is 15.5 Å². The highest BCUT2D eigenvalue weighted by Crippen LogP contribution is 2.20. The van der Waals surface area contributed by atoms with E-state index in [1.54, 1.807) is 6.07 Å². The number of aryl methyl sites for hydroxylation is 3. The zero-order valence-electron chi connectivity index (χ0n) is 16.9. The van der Waals surface area contributed by atoms with Crippen molar-refractivity contribution in [1.82, 2.24) is 9.97 Å². The van der Waals surface area contributed by atoms with Crippen LogP contribution in [0.25, 0.3) is 0 Å². The van der Waals surface area contributed by atoms with Gasteiger partial charge >= 0.3 is 0 Å². The van der Waals surface area contributed by atoms with Crippen molar-refractivity contribution in [3.8, 4) is 0 Å². The van der Waals surface area contributed by atoms with Gasteiger partial charge in [-0.25, -0.2) is 9.97 Å². The second-order valence-corrected chi connectivity index (χ2v) is 7.06. The van der Waals surface area contributed by atoms with Gasteiger partial charge in [-0.1, -0.05) is 17.7 Å². The monoisotopic (exact) mass is 375 g/mol. The standard InChI is InChI=1S/C22H25N5O/c1-14-6-11-19(15(2)12-14)25-21(28)20-13-16(3)23-22(26-20)24-17-7-9-18(10-8-17)27(4)5/h6-13H,1-5H3,(H,25,28)(H,23,24,26). The van der Waals surface area contributed by atoms with Gasteiger partial charge in [0.2, 0.25) is 5.95 Å². The van der Waals surface area contributed by atoms with Gasteiger partial charge in [0.15, 0.2) is 0 Å². The van der Waals surface area contributed by atoms with Gasteiger partial charge in [-0.05, 0) is 62.7 Å². The first-order valence-electron chi connectivity index (χ1n) is 9.10. The third-order valence-electron chi connectivity index (χ3n) is 4.36. The largest absolute Gasteiger partial charge is 0.378 e. The summed E-state index contributed by atoms with van der Waals surface area (Å²) in [7, 11) is 3.99. The summed E-state index contributed by atoms with van der Waals surface area (Å²) in [6, 6.07) is 15.5. The van der Waals surface area contributed by atoms with Crippen LogP contribution in [0.2, 0.25) is 0 Å². The highest BCUT2D eigenvalue weighted by atomic mass is 16.1. The van der Waals surface area contributed by atoms with E-state index >= 15 is 0 Å². The molecule has 3 aromatic rings. The number of anilines is 4. The molecule has 144 valence electrons. The minimum absolute atomic E-state index is 0.261. The van der Waals surface area contributed by atoms with Crippen molar-refractivity contribution < 1.29 is 4.79 Å². The fourth-order valence-electron chi connectivity index (χ4n) is 2.85. The Labute approximate surface area is 165 Å². The molecule has 1 amide bonds.